The van der Waals surface area contributed by atoms with E-state index >= 15 is 0 Å². The van der Waals surface area contributed by atoms with E-state index in [-0.39, 0.29) is 5.91 Å². The van der Waals surface area contributed by atoms with Gasteiger partial charge in [-0.15, -0.1) is 0 Å². The van der Waals surface area contributed by atoms with E-state index in [4.69, 9.17) is 10.5 Å². The summed E-state index contributed by atoms with van der Waals surface area (Å²) in [4.78, 5) is 26.2. The monoisotopic (exact) mass is 397 g/mol. The van der Waals surface area contributed by atoms with Crippen LogP contribution < -0.4 is 10.5 Å². The smallest absolute Gasteiger partial charge is 0.251 e. The van der Waals surface area contributed by atoms with E-state index in [0.29, 0.717) is 12.0 Å². The fraction of sp³-hybridized carbons (Fsp3) is 0.478. The van der Waals surface area contributed by atoms with Gasteiger partial charge in [0.05, 0.1) is 12.7 Å². The summed E-state index contributed by atoms with van der Waals surface area (Å²) in [5.41, 5.74) is 10.3. The summed E-state index contributed by atoms with van der Waals surface area (Å²) in [5.74, 6) is 0.622. The number of rotatable bonds is 9. The largest absolute Gasteiger partial charge is 0.497 e. The molecule has 2 amide bonds. The zero-order valence-electron chi connectivity index (χ0n) is 17.7. The first-order valence-corrected chi connectivity index (χ1v) is 10.4. The molecule has 0 radical (unpaired) electrons. The SMILES string of the molecule is CCCc1c(-c2ccc(OC)cc2)c(C(N)=O)c(C)n1CCCN1CCCC1=O. The lowest BCUT2D eigenvalue weighted by atomic mass is 9.98. The Bertz CT molecular complexity index is 884. The van der Waals surface area contributed by atoms with Crippen molar-refractivity contribution < 1.29 is 14.3 Å². The topological polar surface area (TPSA) is 77.6 Å². The van der Waals surface area contributed by atoms with E-state index in [1.54, 1.807) is 7.11 Å². The number of hydrogen-bond acceptors (Lipinski definition) is 3. The predicted octanol–water partition coefficient (Wildman–Crippen LogP) is 3.54. The van der Waals surface area contributed by atoms with Gasteiger partial charge in [-0.2, -0.15) is 0 Å². The number of likely N-dealkylation sites (tertiary alicyclic amines) is 1. The molecule has 0 spiro atoms. The predicted molar refractivity (Wildman–Crippen MR) is 114 cm³/mol. The van der Waals surface area contributed by atoms with E-state index in [2.05, 4.69) is 11.5 Å². The third-order valence-electron chi connectivity index (χ3n) is 5.72. The number of nitrogens with zero attached hydrogens (tertiary/aromatic N) is 2. The molecule has 1 aromatic carbocycles. The number of hydrogen-bond donors (Lipinski definition) is 1. The minimum absolute atomic E-state index is 0.250. The molecule has 6 heteroatoms. The highest BCUT2D eigenvalue weighted by Crippen LogP contribution is 2.34. The van der Waals surface area contributed by atoms with Crippen molar-refractivity contribution in [3.05, 3.63) is 41.2 Å². The Kier molecular flexibility index (Phi) is 6.62. The van der Waals surface area contributed by atoms with Gasteiger partial charge >= 0.3 is 0 Å². The van der Waals surface area contributed by atoms with Crippen LogP contribution in [0.1, 0.15) is 54.4 Å². The molecule has 0 saturated carbocycles. The van der Waals surface area contributed by atoms with Crippen LogP contribution in [-0.4, -0.2) is 41.5 Å². The van der Waals surface area contributed by atoms with Gasteiger partial charge in [-0.1, -0.05) is 25.5 Å². The Balaban J connectivity index is 1.96. The summed E-state index contributed by atoms with van der Waals surface area (Å²) in [6.45, 7) is 6.48. The molecule has 3 rings (SSSR count). The summed E-state index contributed by atoms with van der Waals surface area (Å²) in [6.07, 6.45) is 4.30. The Morgan fingerprint density at radius 1 is 1.21 bits per heavy atom. The normalized spacial score (nSPS) is 13.9. The van der Waals surface area contributed by atoms with Gasteiger partial charge < -0.3 is 19.9 Å². The first-order chi connectivity index (χ1) is 14.0. The van der Waals surface area contributed by atoms with Crippen LogP contribution in [0.4, 0.5) is 0 Å². The van der Waals surface area contributed by atoms with Gasteiger partial charge in [0.15, 0.2) is 0 Å². The molecule has 2 heterocycles. The molecule has 156 valence electrons. The molecule has 1 saturated heterocycles. The summed E-state index contributed by atoms with van der Waals surface area (Å²) < 4.78 is 7.50. The summed E-state index contributed by atoms with van der Waals surface area (Å²) in [5, 5.41) is 0. The van der Waals surface area contributed by atoms with Crippen LogP contribution in [0, 0.1) is 6.92 Å². The first-order valence-electron chi connectivity index (χ1n) is 10.4. The zero-order valence-corrected chi connectivity index (χ0v) is 17.7. The number of benzene rings is 1. The minimum atomic E-state index is -0.404. The van der Waals surface area contributed by atoms with E-state index in [9.17, 15) is 9.59 Å². The molecule has 29 heavy (non-hydrogen) atoms. The van der Waals surface area contributed by atoms with Gasteiger partial charge in [0, 0.05) is 43.0 Å². The molecule has 0 atom stereocenters. The lowest BCUT2D eigenvalue weighted by Crippen LogP contribution is -2.26. The van der Waals surface area contributed by atoms with Crippen molar-refractivity contribution >= 4 is 11.8 Å². The highest BCUT2D eigenvalue weighted by atomic mass is 16.5. The second kappa shape index (κ2) is 9.16. The molecule has 1 aliphatic rings. The average molecular weight is 398 g/mol. The second-order valence-electron chi connectivity index (χ2n) is 7.61. The standard InChI is InChI=1S/C23H31N3O3/c1-4-7-19-22(17-9-11-18(29-3)12-10-17)21(23(24)28)16(2)26(19)15-6-14-25-13-5-8-20(25)27/h9-12H,4-8,13-15H2,1-3H3,(H2,24,28). The van der Waals surface area contributed by atoms with Crippen molar-refractivity contribution in [1.82, 2.24) is 9.47 Å². The Hall–Kier alpha value is -2.76. The number of ether oxygens (including phenoxy) is 1. The fourth-order valence-corrected chi connectivity index (χ4v) is 4.33. The number of aromatic nitrogens is 1. The fourth-order valence-electron chi connectivity index (χ4n) is 4.33. The Morgan fingerprint density at radius 3 is 2.48 bits per heavy atom. The molecular formula is C23H31N3O3. The van der Waals surface area contributed by atoms with Gasteiger partial charge in [-0.05, 0) is 43.9 Å². The first kappa shape index (κ1) is 21.0. The number of amides is 2. The maximum Gasteiger partial charge on any atom is 0.251 e. The van der Waals surface area contributed by atoms with Crippen molar-refractivity contribution in [2.45, 2.75) is 52.5 Å². The third-order valence-corrected chi connectivity index (χ3v) is 5.72. The van der Waals surface area contributed by atoms with Crippen LogP contribution in [-0.2, 0) is 17.8 Å². The molecule has 2 aromatic rings. The molecule has 1 fully saturated rings. The van der Waals surface area contributed by atoms with Crippen molar-refractivity contribution in [3.63, 3.8) is 0 Å². The molecule has 0 unspecified atom stereocenters. The molecular weight excluding hydrogens is 366 g/mol. The number of carbonyl (C=O) groups excluding carboxylic acids is 2. The molecule has 0 aliphatic carbocycles. The number of methoxy groups -OCH3 is 1. The maximum absolute atomic E-state index is 12.4. The van der Waals surface area contributed by atoms with Gasteiger partial charge in [-0.3, -0.25) is 9.59 Å². The van der Waals surface area contributed by atoms with Crippen LogP contribution in [0.15, 0.2) is 24.3 Å². The van der Waals surface area contributed by atoms with Crippen molar-refractivity contribution in [3.8, 4) is 16.9 Å². The molecule has 1 aromatic heterocycles. The quantitative estimate of drug-likeness (QED) is 0.703. The summed E-state index contributed by atoms with van der Waals surface area (Å²) in [6, 6.07) is 7.77. The van der Waals surface area contributed by atoms with Crippen LogP contribution in [0.5, 0.6) is 5.75 Å². The van der Waals surface area contributed by atoms with Crippen molar-refractivity contribution in [2.24, 2.45) is 5.73 Å². The zero-order chi connectivity index (χ0) is 21.0. The molecule has 0 bridgehead atoms. The van der Waals surface area contributed by atoms with Crippen molar-refractivity contribution in [1.29, 1.82) is 0 Å². The molecule has 6 nitrogen and oxygen atoms in total. The average Bonchev–Trinajstić information content (AvgIpc) is 3.24. The van der Waals surface area contributed by atoms with Gasteiger partial charge in [0.2, 0.25) is 5.91 Å². The number of carbonyl (C=O) groups is 2. The summed E-state index contributed by atoms with van der Waals surface area (Å²) >= 11 is 0. The summed E-state index contributed by atoms with van der Waals surface area (Å²) in [7, 11) is 1.64. The lowest BCUT2D eigenvalue weighted by Gasteiger charge is -2.17. The van der Waals surface area contributed by atoms with E-state index in [0.717, 1.165) is 73.6 Å². The number of nitrogens with two attached hydrogens (primary N) is 1. The molecule has 1 aliphatic heterocycles. The van der Waals surface area contributed by atoms with Crippen LogP contribution in [0.3, 0.4) is 0 Å². The van der Waals surface area contributed by atoms with E-state index < -0.39 is 5.91 Å². The minimum Gasteiger partial charge on any atom is -0.497 e. The highest BCUT2D eigenvalue weighted by Gasteiger charge is 2.25. The van der Waals surface area contributed by atoms with Crippen molar-refractivity contribution in [2.75, 3.05) is 20.2 Å². The van der Waals surface area contributed by atoms with E-state index in [1.165, 1.54) is 0 Å². The maximum atomic E-state index is 12.4. The van der Waals surface area contributed by atoms with Crippen LogP contribution in [0.25, 0.3) is 11.1 Å². The van der Waals surface area contributed by atoms with Crippen LogP contribution >= 0.6 is 0 Å². The van der Waals surface area contributed by atoms with Gasteiger partial charge in [-0.25, -0.2) is 0 Å². The molecule has 2 N–H and O–H groups in total. The highest BCUT2D eigenvalue weighted by molar-refractivity contribution is 6.02. The second-order valence-corrected chi connectivity index (χ2v) is 7.61. The third kappa shape index (κ3) is 4.31. The lowest BCUT2D eigenvalue weighted by molar-refractivity contribution is -0.127. The number of primary amides is 1. The Morgan fingerprint density at radius 2 is 1.93 bits per heavy atom. The van der Waals surface area contributed by atoms with E-state index in [1.807, 2.05) is 36.1 Å². The van der Waals surface area contributed by atoms with Gasteiger partial charge in [0.25, 0.3) is 5.91 Å². The van der Waals surface area contributed by atoms with Gasteiger partial charge in [0.1, 0.15) is 5.75 Å². The Labute approximate surface area is 172 Å². The van der Waals surface area contributed by atoms with Crippen LogP contribution in [0.2, 0.25) is 0 Å².